The Labute approximate surface area is 126 Å². The Morgan fingerprint density at radius 3 is 2.55 bits per heavy atom. The molecule has 0 atom stereocenters. The summed E-state index contributed by atoms with van der Waals surface area (Å²) in [5, 5.41) is 4.88. The minimum absolute atomic E-state index is 0.136. The molecule has 0 radical (unpaired) electrons. The normalized spacial score (nSPS) is 15.4. The molecule has 1 saturated heterocycles. The summed E-state index contributed by atoms with van der Waals surface area (Å²) >= 11 is 0. The lowest BCUT2D eigenvalue weighted by Crippen LogP contribution is -3.15. The topological polar surface area (TPSA) is 71.9 Å². The third-order valence-corrected chi connectivity index (χ3v) is 3.26. The van der Waals surface area contributed by atoms with E-state index in [4.69, 9.17) is 4.74 Å². The van der Waals surface area contributed by atoms with Crippen molar-refractivity contribution < 1.29 is 28.0 Å². The van der Waals surface area contributed by atoms with Gasteiger partial charge in [0.25, 0.3) is 5.91 Å². The van der Waals surface area contributed by atoms with Crippen LogP contribution < -0.4 is 15.5 Å². The number of hydrogen-bond acceptors (Lipinski definition) is 3. The molecule has 3 N–H and O–H groups in total. The molecule has 8 heteroatoms. The van der Waals surface area contributed by atoms with E-state index in [1.807, 2.05) is 0 Å². The van der Waals surface area contributed by atoms with Gasteiger partial charge in [-0.1, -0.05) is 0 Å². The van der Waals surface area contributed by atoms with Crippen LogP contribution in [0.15, 0.2) is 18.2 Å². The highest BCUT2D eigenvalue weighted by molar-refractivity contribution is 5.94. The van der Waals surface area contributed by atoms with E-state index in [2.05, 4.69) is 10.6 Å². The zero-order valence-electron chi connectivity index (χ0n) is 12.0. The van der Waals surface area contributed by atoms with Crippen LogP contribution in [0, 0.1) is 11.6 Å². The molecule has 0 bridgehead atoms. The summed E-state index contributed by atoms with van der Waals surface area (Å²) in [6, 6.07) is 3.05. The number of anilines is 1. The van der Waals surface area contributed by atoms with Crippen molar-refractivity contribution >= 4 is 17.5 Å². The first kappa shape index (κ1) is 16.3. The van der Waals surface area contributed by atoms with Gasteiger partial charge in [-0.05, 0) is 12.1 Å². The third kappa shape index (κ3) is 5.05. The monoisotopic (exact) mass is 314 g/mol. The Kier molecular flexibility index (Phi) is 5.79. The van der Waals surface area contributed by atoms with Crippen LogP contribution in [0.3, 0.4) is 0 Å². The van der Waals surface area contributed by atoms with Crippen molar-refractivity contribution in [1.82, 2.24) is 5.32 Å². The van der Waals surface area contributed by atoms with Gasteiger partial charge in [-0.15, -0.1) is 0 Å². The summed E-state index contributed by atoms with van der Waals surface area (Å²) in [5.41, 5.74) is 0.136. The average Bonchev–Trinajstić information content (AvgIpc) is 2.50. The fraction of sp³-hybridized carbons (Fsp3) is 0.429. The van der Waals surface area contributed by atoms with E-state index in [0.717, 1.165) is 30.1 Å². The molecule has 0 spiro atoms. The van der Waals surface area contributed by atoms with Crippen LogP contribution in [-0.4, -0.2) is 51.2 Å². The quantitative estimate of drug-likeness (QED) is 0.648. The van der Waals surface area contributed by atoms with Gasteiger partial charge < -0.3 is 20.3 Å². The molecule has 6 nitrogen and oxygen atoms in total. The van der Waals surface area contributed by atoms with Crippen molar-refractivity contribution in [1.29, 1.82) is 0 Å². The first-order chi connectivity index (χ1) is 10.5. The third-order valence-electron chi connectivity index (χ3n) is 3.26. The highest BCUT2D eigenvalue weighted by Crippen LogP contribution is 2.12. The van der Waals surface area contributed by atoms with Crippen LogP contribution in [0.2, 0.25) is 0 Å². The van der Waals surface area contributed by atoms with E-state index in [1.54, 1.807) is 0 Å². The first-order valence-corrected chi connectivity index (χ1v) is 6.97. The predicted molar refractivity (Wildman–Crippen MR) is 74.4 cm³/mol. The minimum Gasteiger partial charge on any atom is -0.370 e. The molecule has 1 aromatic carbocycles. The van der Waals surface area contributed by atoms with Crippen molar-refractivity contribution in [2.24, 2.45) is 0 Å². The van der Waals surface area contributed by atoms with Crippen molar-refractivity contribution in [3.63, 3.8) is 0 Å². The molecule has 2 rings (SSSR count). The number of hydrogen-bond donors (Lipinski definition) is 3. The van der Waals surface area contributed by atoms with Crippen molar-refractivity contribution in [2.75, 3.05) is 44.7 Å². The van der Waals surface area contributed by atoms with Gasteiger partial charge in [-0.2, -0.15) is 0 Å². The Bertz CT molecular complexity index is 548. The first-order valence-electron chi connectivity index (χ1n) is 6.97. The van der Waals surface area contributed by atoms with Gasteiger partial charge in [0.2, 0.25) is 5.91 Å². The Hall–Kier alpha value is -2.06. The lowest BCUT2D eigenvalue weighted by atomic mass is 10.3. The van der Waals surface area contributed by atoms with Gasteiger partial charge in [0.15, 0.2) is 18.2 Å². The van der Waals surface area contributed by atoms with Gasteiger partial charge in [-0.3, -0.25) is 9.59 Å². The predicted octanol–water partition coefficient (Wildman–Crippen LogP) is -1.07. The molecule has 0 saturated carbocycles. The molecular weight excluding hydrogens is 296 g/mol. The highest BCUT2D eigenvalue weighted by Gasteiger charge is 2.18. The molecule has 0 aromatic heterocycles. The summed E-state index contributed by atoms with van der Waals surface area (Å²) in [5.74, 6) is -2.77. The van der Waals surface area contributed by atoms with Gasteiger partial charge in [0.1, 0.15) is 13.1 Å². The van der Waals surface area contributed by atoms with Gasteiger partial charge in [0, 0.05) is 11.8 Å². The zero-order valence-corrected chi connectivity index (χ0v) is 12.0. The number of halogens is 2. The van der Waals surface area contributed by atoms with E-state index in [1.165, 1.54) is 6.07 Å². The number of amides is 2. The van der Waals surface area contributed by atoms with Crippen LogP contribution >= 0.6 is 0 Å². The Balaban J connectivity index is 1.72. The Morgan fingerprint density at radius 1 is 1.14 bits per heavy atom. The maximum absolute atomic E-state index is 13.0. The second-order valence-electron chi connectivity index (χ2n) is 4.99. The standard InChI is InChI=1S/C14H17F2N3O3/c15-11-2-1-10(7-12(11)16)18-13(20)8-17-14(21)9-19-3-5-22-6-4-19/h1-2,7H,3-6,8-9H2,(H,17,21)(H,18,20)/p+1. The summed E-state index contributed by atoms with van der Waals surface area (Å²) in [6.07, 6.45) is 0. The van der Waals surface area contributed by atoms with E-state index in [0.29, 0.717) is 13.2 Å². The molecule has 0 unspecified atom stereocenters. The van der Waals surface area contributed by atoms with E-state index < -0.39 is 17.5 Å². The fourth-order valence-corrected chi connectivity index (χ4v) is 2.08. The molecular formula is C14H18F2N3O3+. The fourth-order valence-electron chi connectivity index (χ4n) is 2.08. The molecule has 1 aliphatic rings. The van der Waals surface area contributed by atoms with Crippen molar-refractivity contribution in [3.05, 3.63) is 29.8 Å². The second kappa shape index (κ2) is 7.81. The van der Waals surface area contributed by atoms with Crippen LogP contribution in [0.4, 0.5) is 14.5 Å². The number of carbonyl (C=O) groups excluding carboxylic acids is 2. The molecule has 22 heavy (non-hydrogen) atoms. The molecule has 1 fully saturated rings. The highest BCUT2D eigenvalue weighted by atomic mass is 19.2. The summed E-state index contributed by atoms with van der Waals surface area (Å²) in [4.78, 5) is 24.4. The van der Waals surface area contributed by atoms with Crippen LogP contribution in [0.1, 0.15) is 0 Å². The van der Waals surface area contributed by atoms with E-state index in [-0.39, 0.29) is 24.7 Å². The SMILES string of the molecule is O=C(C[NH+]1CCOCC1)NCC(=O)Nc1ccc(F)c(F)c1. The van der Waals surface area contributed by atoms with Gasteiger partial charge in [-0.25, -0.2) is 8.78 Å². The van der Waals surface area contributed by atoms with Gasteiger partial charge >= 0.3 is 0 Å². The molecule has 1 aromatic rings. The molecule has 1 aliphatic heterocycles. The summed E-state index contributed by atoms with van der Waals surface area (Å²) in [7, 11) is 0. The Morgan fingerprint density at radius 2 is 1.86 bits per heavy atom. The number of morpholine rings is 1. The molecule has 2 amide bonds. The smallest absolute Gasteiger partial charge is 0.275 e. The van der Waals surface area contributed by atoms with E-state index in [9.17, 15) is 18.4 Å². The largest absolute Gasteiger partial charge is 0.370 e. The summed E-state index contributed by atoms with van der Waals surface area (Å²) < 4.78 is 30.9. The van der Waals surface area contributed by atoms with Crippen LogP contribution in [0.5, 0.6) is 0 Å². The maximum Gasteiger partial charge on any atom is 0.275 e. The van der Waals surface area contributed by atoms with Gasteiger partial charge in [0.05, 0.1) is 19.8 Å². The maximum atomic E-state index is 13.0. The number of quaternary nitrogens is 1. The zero-order chi connectivity index (χ0) is 15.9. The number of nitrogens with one attached hydrogen (secondary N) is 3. The second-order valence-corrected chi connectivity index (χ2v) is 4.99. The molecule has 1 heterocycles. The lowest BCUT2D eigenvalue weighted by molar-refractivity contribution is -0.900. The molecule has 120 valence electrons. The van der Waals surface area contributed by atoms with E-state index >= 15 is 0 Å². The lowest BCUT2D eigenvalue weighted by Gasteiger charge is -2.22. The van der Waals surface area contributed by atoms with Crippen molar-refractivity contribution in [3.8, 4) is 0 Å². The number of rotatable bonds is 5. The summed E-state index contributed by atoms with van der Waals surface area (Å²) in [6.45, 7) is 2.82. The number of benzene rings is 1. The minimum atomic E-state index is -1.04. The number of ether oxygens (including phenoxy) is 1. The number of carbonyl (C=O) groups is 2. The molecule has 0 aliphatic carbocycles. The average molecular weight is 314 g/mol. The van der Waals surface area contributed by atoms with Crippen LogP contribution in [0.25, 0.3) is 0 Å². The van der Waals surface area contributed by atoms with Crippen LogP contribution in [-0.2, 0) is 14.3 Å². The van der Waals surface area contributed by atoms with Crippen molar-refractivity contribution in [2.45, 2.75) is 0 Å².